The Kier molecular flexibility index (Phi) is 2.37. The number of halogens is 1. The maximum atomic E-state index is 12.2. The zero-order valence-electron chi connectivity index (χ0n) is 9.59. The number of H-pyrrole nitrogens is 1. The molecule has 0 unspecified atom stereocenters. The minimum Gasteiger partial charge on any atom is -0.350 e. The van der Waals surface area contributed by atoms with Crippen LogP contribution >= 0.6 is 11.6 Å². The lowest BCUT2D eigenvalue weighted by molar-refractivity contribution is 0.0646. The Hall–Kier alpha value is -1.48. The number of aryl methyl sites for hydroxylation is 1. The van der Waals surface area contributed by atoms with Gasteiger partial charge in [0.15, 0.2) is 0 Å². The molecule has 0 saturated carbocycles. The van der Waals surface area contributed by atoms with Crippen LogP contribution in [0.2, 0.25) is 5.02 Å². The van der Waals surface area contributed by atoms with Crippen LogP contribution < -0.4 is 0 Å². The van der Waals surface area contributed by atoms with Crippen LogP contribution in [0.5, 0.6) is 0 Å². The van der Waals surface area contributed by atoms with E-state index in [1.54, 1.807) is 0 Å². The number of hydrogen-bond acceptors (Lipinski definition) is 1. The smallest absolute Gasteiger partial charge is 0.270 e. The van der Waals surface area contributed by atoms with Gasteiger partial charge in [0, 0.05) is 29.0 Å². The summed E-state index contributed by atoms with van der Waals surface area (Å²) in [4.78, 5) is 17.2. The molecule has 88 valence electrons. The molecule has 3 rings (SSSR count). The van der Waals surface area contributed by atoms with Gasteiger partial charge in [-0.25, -0.2) is 0 Å². The predicted molar refractivity (Wildman–Crippen MR) is 68.6 cm³/mol. The van der Waals surface area contributed by atoms with Gasteiger partial charge in [-0.1, -0.05) is 11.6 Å². The number of likely N-dealkylation sites (tertiary alicyclic amines) is 1. The summed E-state index contributed by atoms with van der Waals surface area (Å²) in [6, 6.07) is 5.64. The molecule has 1 N–H and O–H groups in total. The summed E-state index contributed by atoms with van der Waals surface area (Å²) in [6.45, 7) is 3.70. The Labute approximate surface area is 104 Å². The topological polar surface area (TPSA) is 36.1 Å². The summed E-state index contributed by atoms with van der Waals surface area (Å²) < 4.78 is 0. The van der Waals surface area contributed by atoms with E-state index in [0.717, 1.165) is 36.0 Å². The number of amides is 1. The summed E-state index contributed by atoms with van der Waals surface area (Å²) in [5.41, 5.74) is 2.65. The first kappa shape index (κ1) is 10.7. The zero-order valence-corrected chi connectivity index (χ0v) is 10.3. The molecule has 1 aromatic carbocycles. The van der Waals surface area contributed by atoms with E-state index >= 15 is 0 Å². The standard InChI is InChI=1S/C13H13ClN2O/c1-8-10-7-9(14)3-4-11(10)15-12(8)13(17)16-5-2-6-16/h3-4,7,15H,2,5-6H2,1H3. The third-order valence-electron chi connectivity index (χ3n) is 3.38. The molecule has 0 aliphatic carbocycles. The van der Waals surface area contributed by atoms with E-state index in [1.807, 2.05) is 30.0 Å². The molecule has 1 aromatic heterocycles. The zero-order chi connectivity index (χ0) is 12.0. The Balaban J connectivity index is 2.10. The fraction of sp³-hybridized carbons (Fsp3) is 0.308. The van der Waals surface area contributed by atoms with E-state index in [4.69, 9.17) is 11.6 Å². The minimum atomic E-state index is 0.0982. The summed E-state index contributed by atoms with van der Waals surface area (Å²) in [5, 5.41) is 1.73. The van der Waals surface area contributed by atoms with Crippen LogP contribution in [-0.4, -0.2) is 28.9 Å². The maximum absolute atomic E-state index is 12.2. The fourth-order valence-corrected chi connectivity index (χ4v) is 2.36. The predicted octanol–water partition coefficient (Wildman–Crippen LogP) is 2.98. The Morgan fingerprint density at radius 1 is 1.41 bits per heavy atom. The monoisotopic (exact) mass is 248 g/mol. The van der Waals surface area contributed by atoms with Crippen molar-refractivity contribution in [1.29, 1.82) is 0 Å². The van der Waals surface area contributed by atoms with Crippen LogP contribution in [0.25, 0.3) is 10.9 Å². The number of nitrogens with zero attached hydrogens (tertiary/aromatic N) is 1. The van der Waals surface area contributed by atoms with Crippen molar-refractivity contribution in [2.75, 3.05) is 13.1 Å². The maximum Gasteiger partial charge on any atom is 0.270 e. The molecule has 0 spiro atoms. The molecule has 2 aromatic rings. The molecular formula is C13H13ClN2O. The highest BCUT2D eigenvalue weighted by atomic mass is 35.5. The Morgan fingerprint density at radius 2 is 2.18 bits per heavy atom. The number of nitrogens with one attached hydrogen (secondary N) is 1. The summed E-state index contributed by atoms with van der Waals surface area (Å²) in [7, 11) is 0. The lowest BCUT2D eigenvalue weighted by Crippen LogP contribution is -2.42. The van der Waals surface area contributed by atoms with E-state index in [1.165, 1.54) is 0 Å². The quantitative estimate of drug-likeness (QED) is 0.828. The molecule has 1 amide bonds. The second kappa shape index (κ2) is 3.77. The fourth-order valence-electron chi connectivity index (χ4n) is 2.19. The lowest BCUT2D eigenvalue weighted by atomic mass is 10.1. The van der Waals surface area contributed by atoms with E-state index in [9.17, 15) is 4.79 Å². The van der Waals surface area contributed by atoms with Gasteiger partial charge in [0.05, 0.1) is 0 Å². The molecule has 1 aliphatic heterocycles. The van der Waals surface area contributed by atoms with Gasteiger partial charge in [-0.3, -0.25) is 4.79 Å². The molecule has 0 bridgehead atoms. The molecule has 4 heteroatoms. The summed E-state index contributed by atoms with van der Waals surface area (Å²) in [6.07, 6.45) is 1.11. The first-order valence-electron chi connectivity index (χ1n) is 5.74. The molecule has 1 aliphatic rings. The number of carbonyl (C=O) groups is 1. The number of aromatic amines is 1. The van der Waals surface area contributed by atoms with Crippen molar-refractivity contribution in [3.05, 3.63) is 34.5 Å². The van der Waals surface area contributed by atoms with Crippen molar-refractivity contribution >= 4 is 28.4 Å². The van der Waals surface area contributed by atoms with Gasteiger partial charge in [0.1, 0.15) is 5.69 Å². The van der Waals surface area contributed by atoms with Crippen molar-refractivity contribution in [3.8, 4) is 0 Å². The average molecular weight is 249 g/mol. The van der Waals surface area contributed by atoms with E-state index in [-0.39, 0.29) is 5.91 Å². The first-order chi connectivity index (χ1) is 8.16. The van der Waals surface area contributed by atoms with Gasteiger partial charge >= 0.3 is 0 Å². The van der Waals surface area contributed by atoms with Gasteiger partial charge < -0.3 is 9.88 Å². The lowest BCUT2D eigenvalue weighted by Gasteiger charge is -2.30. The highest BCUT2D eigenvalue weighted by molar-refractivity contribution is 6.31. The number of fused-ring (bicyclic) bond motifs is 1. The molecule has 17 heavy (non-hydrogen) atoms. The second-order valence-corrected chi connectivity index (χ2v) is 4.90. The van der Waals surface area contributed by atoms with Crippen LogP contribution in [0.15, 0.2) is 18.2 Å². The summed E-state index contributed by atoms with van der Waals surface area (Å²) >= 11 is 5.97. The number of aromatic nitrogens is 1. The van der Waals surface area contributed by atoms with E-state index < -0.39 is 0 Å². The molecule has 1 fully saturated rings. The van der Waals surface area contributed by atoms with Crippen LogP contribution in [0, 0.1) is 6.92 Å². The number of hydrogen-bond donors (Lipinski definition) is 1. The molecule has 0 radical (unpaired) electrons. The van der Waals surface area contributed by atoms with Crippen LogP contribution in [0.3, 0.4) is 0 Å². The first-order valence-corrected chi connectivity index (χ1v) is 6.12. The number of benzene rings is 1. The van der Waals surface area contributed by atoms with Crippen molar-refractivity contribution in [1.82, 2.24) is 9.88 Å². The van der Waals surface area contributed by atoms with Crippen molar-refractivity contribution < 1.29 is 4.79 Å². The van der Waals surface area contributed by atoms with Gasteiger partial charge in [0.2, 0.25) is 0 Å². The second-order valence-electron chi connectivity index (χ2n) is 4.46. The highest BCUT2D eigenvalue weighted by Crippen LogP contribution is 2.26. The number of rotatable bonds is 1. The normalized spacial score (nSPS) is 15.1. The number of carbonyl (C=O) groups excluding carboxylic acids is 1. The third kappa shape index (κ3) is 1.62. The molecule has 1 saturated heterocycles. The van der Waals surface area contributed by atoms with Gasteiger partial charge in [-0.15, -0.1) is 0 Å². The van der Waals surface area contributed by atoms with Gasteiger partial charge in [0.25, 0.3) is 5.91 Å². The summed E-state index contributed by atoms with van der Waals surface area (Å²) in [5.74, 6) is 0.0982. The SMILES string of the molecule is Cc1c(C(=O)N2CCC2)[nH]c2ccc(Cl)cc12. The van der Waals surface area contributed by atoms with Gasteiger partial charge in [-0.05, 0) is 37.1 Å². The van der Waals surface area contributed by atoms with Gasteiger partial charge in [-0.2, -0.15) is 0 Å². The molecule has 3 nitrogen and oxygen atoms in total. The van der Waals surface area contributed by atoms with Crippen molar-refractivity contribution in [2.45, 2.75) is 13.3 Å². The largest absolute Gasteiger partial charge is 0.350 e. The van der Waals surface area contributed by atoms with E-state index in [0.29, 0.717) is 10.7 Å². The molecular weight excluding hydrogens is 236 g/mol. The van der Waals surface area contributed by atoms with Crippen LogP contribution in [0.1, 0.15) is 22.5 Å². The van der Waals surface area contributed by atoms with Crippen molar-refractivity contribution in [2.24, 2.45) is 0 Å². The van der Waals surface area contributed by atoms with Crippen molar-refractivity contribution in [3.63, 3.8) is 0 Å². The molecule has 0 atom stereocenters. The van der Waals surface area contributed by atoms with Crippen LogP contribution in [0.4, 0.5) is 0 Å². The molecule has 2 heterocycles. The Morgan fingerprint density at radius 3 is 2.82 bits per heavy atom. The van der Waals surface area contributed by atoms with Crippen LogP contribution in [-0.2, 0) is 0 Å². The average Bonchev–Trinajstić information content (AvgIpc) is 2.54. The minimum absolute atomic E-state index is 0.0982. The highest BCUT2D eigenvalue weighted by Gasteiger charge is 2.24. The third-order valence-corrected chi connectivity index (χ3v) is 3.61. The van der Waals surface area contributed by atoms with E-state index in [2.05, 4.69) is 4.98 Å². The Bertz CT molecular complexity index is 599.